The number of allylic oxidation sites excluding steroid dienone is 2. The Morgan fingerprint density at radius 2 is 2.07 bits per heavy atom. The number of carbonyl (C=O) groups is 1. The summed E-state index contributed by atoms with van der Waals surface area (Å²) in [5, 5.41) is 30.8. The molecule has 8 heteroatoms. The number of aryl methyl sites for hydroxylation is 1. The number of unbranched alkanes of at least 4 members (excludes halogenated alkanes) is 1. The first-order chi connectivity index (χ1) is 13.8. The number of rotatable bonds is 11. The molecule has 0 radical (unpaired) electrons. The average Bonchev–Trinajstić information content (AvgIpc) is 3.11. The Hall–Kier alpha value is -0.890. The highest BCUT2D eigenvalue weighted by Crippen LogP contribution is 2.36. The number of halogens is 2. The lowest BCUT2D eigenvalue weighted by atomic mass is 9.89. The Labute approximate surface area is 185 Å². The Morgan fingerprint density at radius 1 is 1.31 bits per heavy atom. The van der Waals surface area contributed by atoms with Crippen LogP contribution in [0.1, 0.15) is 44.1 Å². The zero-order chi connectivity index (χ0) is 21.4. The second-order valence-electron chi connectivity index (χ2n) is 7.52. The maximum Gasteiger partial charge on any atom is 0.217 e. The predicted molar refractivity (Wildman–Crippen MR) is 118 cm³/mol. The summed E-state index contributed by atoms with van der Waals surface area (Å²) in [6.07, 6.45) is 9.47. The highest BCUT2D eigenvalue weighted by atomic mass is 35.5. The van der Waals surface area contributed by atoms with Crippen molar-refractivity contribution in [2.45, 2.75) is 63.3 Å². The van der Waals surface area contributed by atoms with Gasteiger partial charge in [-0.05, 0) is 49.7 Å². The normalized spacial score (nSPS) is 26.0. The molecular formula is C21H29Cl2NO4S. The molecule has 0 aromatic carbocycles. The van der Waals surface area contributed by atoms with E-state index in [1.165, 1.54) is 11.3 Å². The van der Waals surface area contributed by atoms with Gasteiger partial charge in [0.05, 0.1) is 27.0 Å². The maximum absolute atomic E-state index is 10.7. The monoisotopic (exact) mass is 461 g/mol. The third-order valence-corrected chi connectivity index (χ3v) is 6.85. The van der Waals surface area contributed by atoms with Gasteiger partial charge in [0.1, 0.15) is 0 Å². The van der Waals surface area contributed by atoms with Gasteiger partial charge in [0.15, 0.2) is 0 Å². The number of thiophene rings is 1. The minimum atomic E-state index is -0.667. The number of carbonyl (C=O) groups excluding carboxylic acids is 1. The van der Waals surface area contributed by atoms with E-state index in [4.69, 9.17) is 28.9 Å². The third kappa shape index (κ3) is 8.04. The van der Waals surface area contributed by atoms with Crippen molar-refractivity contribution >= 4 is 40.4 Å². The molecule has 1 aromatic heterocycles. The van der Waals surface area contributed by atoms with Crippen molar-refractivity contribution < 1.29 is 20.1 Å². The Bertz CT molecular complexity index is 722. The molecule has 0 spiro atoms. The first-order valence-corrected chi connectivity index (χ1v) is 11.4. The molecule has 1 amide bonds. The lowest BCUT2D eigenvalue weighted by Gasteiger charge is -2.19. The van der Waals surface area contributed by atoms with Crippen molar-refractivity contribution in [1.29, 1.82) is 0 Å². The molecule has 5 unspecified atom stereocenters. The molecule has 1 aromatic rings. The van der Waals surface area contributed by atoms with E-state index in [1.54, 1.807) is 6.08 Å². The lowest BCUT2D eigenvalue weighted by molar-refractivity contribution is -0.118. The molecule has 1 aliphatic carbocycles. The van der Waals surface area contributed by atoms with Crippen LogP contribution in [0.15, 0.2) is 30.4 Å². The fraction of sp³-hybridized carbons (Fsp3) is 0.571. The van der Waals surface area contributed by atoms with Gasteiger partial charge in [-0.25, -0.2) is 0 Å². The standard InChI is InChI=1S/C21H29Cl2NO4S/c22-19-11-13(21(23)29-19)7-8-14(25)9-10-16-15(17(26)12-18(16)27)5-3-1-2-4-6-20(24)28/h1,3,9-11,14-18,25-27H,2,4-8,12H2,(H2,24,28)/b3-1-,10-9+. The molecule has 29 heavy (non-hydrogen) atoms. The van der Waals surface area contributed by atoms with Gasteiger partial charge in [0, 0.05) is 18.8 Å². The summed E-state index contributed by atoms with van der Waals surface area (Å²) in [5.74, 6) is -0.624. The zero-order valence-corrected chi connectivity index (χ0v) is 18.5. The van der Waals surface area contributed by atoms with Gasteiger partial charge >= 0.3 is 0 Å². The summed E-state index contributed by atoms with van der Waals surface area (Å²) < 4.78 is 1.27. The van der Waals surface area contributed by atoms with E-state index in [1.807, 2.05) is 24.3 Å². The van der Waals surface area contributed by atoms with Gasteiger partial charge in [0.25, 0.3) is 0 Å². The Kier molecular flexibility index (Phi) is 10.2. The molecule has 0 aliphatic heterocycles. The second-order valence-corrected chi connectivity index (χ2v) is 9.80. The molecule has 0 bridgehead atoms. The van der Waals surface area contributed by atoms with Gasteiger partial charge < -0.3 is 21.1 Å². The second kappa shape index (κ2) is 12.1. The molecular weight excluding hydrogens is 433 g/mol. The van der Waals surface area contributed by atoms with Crippen LogP contribution in [-0.2, 0) is 11.2 Å². The number of aliphatic hydroxyl groups excluding tert-OH is 3. The van der Waals surface area contributed by atoms with Crippen LogP contribution in [0.25, 0.3) is 0 Å². The highest BCUT2D eigenvalue weighted by Gasteiger charge is 2.39. The predicted octanol–water partition coefficient (Wildman–Crippen LogP) is 3.86. The van der Waals surface area contributed by atoms with Crippen LogP contribution in [0.4, 0.5) is 0 Å². The largest absolute Gasteiger partial charge is 0.393 e. The summed E-state index contributed by atoms with van der Waals surface area (Å²) in [7, 11) is 0. The fourth-order valence-electron chi connectivity index (χ4n) is 3.67. The van der Waals surface area contributed by atoms with Crippen LogP contribution in [0.2, 0.25) is 8.67 Å². The van der Waals surface area contributed by atoms with Crippen LogP contribution in [0.5, 0.6) is 0 Å². The van der Waals surface area contributed by atoms with Gasteiger partial charge in [-0.2, -0.15) is 0 Å². The van der Waals surface area contributed by atoms with E-state index in [0.717, 1.165) is 12.0 Å². The van der Waals surface area contributed by atoms with E-state index in [-0.39, 0.29) is 17.7 Å². The molecule has 1 saturated carbocycles. The quantitative estimate of drug-likeness (QED) is 0.296. The number of nitrogens with two attached hydrogens (primary N) is 1. The molecule has 162 valence electrons. The number of primary amides is 1. The van der Waals surface area contributed by atoms with Gasteiger partial charge in [-0.1, -0.05) is 47.5 Å². The topological polar surface area (TPSA) is 104 Å². The zero-order valence-electron chi connectivity index (χ0n) is 16.2. The van der Waals surface area contributed by atoms with Crippen molar-refractivity contribution in [3.05, 3.63) is 44.6 Å². The molecule has 1 heterocycles. The van der Waals surface area contributed by atoms with E-state index in [2.05, 4.69) is 0 Å². The lowest BCUT2D eigenvalue weighted by Crippen LogP contribution is -2.20. The van der Waals surface area contributed by atoms with Crippen LogP contribution >= 0.6 is 34.5 Å². The fourth-order valence-corrected chi connectivity index (χ4v) is 5.22. The molecule has 0 saturated heterocycles. The van der Waals surface area contributed by atoms with Crippen LogP contribution in [0.3, 0.4) is 0 Å². The summed E-state index contributed by atoms with van der Waals surface area (Å²) in [4.78, 5) is 10.7. The Morgan fingerprint density at radius 3 is 2.72 bits per heavy atom. The summed E-state index contributed by atoms with van der Waals surface area (Å²) in [5.41, 5.74) is 6.04. The number of hydrogen-bond acceptors (Lipinski definition) is 5. The molecule has 2 rings (SSSR count). The van der Waals surface area contributed by atoms with Crippen LogP contribution in [-0.4, -0.2) is 39.5 Å². The Balaban J connectivity index is 1.84. The van der Waals surface area contributed by atoms with E-state index in [0.29, 0.717) is 47.2 Å². The smallest absolute Gasteiger partial charge is 0.217 e. The molecule has 1 aliphatic rings. The van der Waals surface area contributed by atoms with E-state index in [9.17, 15) is 20.1 Å². The van der Waals surface area contributed by atoms with Crippen molar-refractivity contribution in [2.24, 2.45) is 17.6 Å². The van der Waals surface area contributed by atoms with Crippen molar-refractivity contribution in [3.8, 4) is 0 Å². The number of amides is 1. The van der Waals surface area contributed by atoms with Gasteiger partial charge in [0.2, 0.25) is 5.91 Å². The number of aliphatic hydroxyl groups is 3. The van der Waals surface area contributed by atoms with Crippen LogP contribution < -0.4 is 5.73 Å². The minimum Gasteiger partial charge on any atom is -0.393 e. The van der Waals surface area contributed by atoms with Crippen molar-refractivity contribution in [2.75, 3.05) is 0 Å². The summed E-state index contributed by atoms with van der Waals surface area (Å²) in [6.45, 7) is 0. The van der Waals surface area contributed by atoms with Gasteiger partial charge in [-0.15, -0.1) is 11.3 Å². The molecule has 5 atom stereocenters. The van der Waals surface area contributed by atoms with Crippen molar-refractivity contribution in [3.63, 3.8) is 0 Å². The maximum atomic E-state index is 10.7. The minimum absolute atomic E-state index is 0.106. The third-order valence-electron chi connectivity index (χ3n) is 5.28. The van der Waals surface area contributed by atoms with Crippen LogP contribution in [0, 0.1) is 11.8 Å². The first-order valence-electron chi connectivity index (χ1n) is 9.87. The average molecular weight is 462 g/mol. The summed E-state index contributed by atoms with van der Waals surface area (Å²) >= 11 is 13.4. The summed E-state index contributed by atoms with van der Waals surface area (Å²) in [6, 6.07) is 1.81. The SMILES string of the molecule is NC(=O)CCC/C=C\CC1C(O)CC(O)C1/C=C/C(O)CCc1cc(Cl)sc1Cl. The molecule has 1 fully saturated rings. The van der Waals surface area contributed by atoms with Crippen molar-refractivity contribution in [1.82, 2.24) is 0 Å². The van der Waals surface area contributed by atoms with E-state index >= 15 is 0 Å². The first kappa shape index (κ1) is 24.4. The van der Waals surface area contributed by atoms with E-state index < -0.39 is 18.3 Å². The molecule has 5 N–H and O–H groups in total. The molecule has 5 nitrogen and oxygen atoms in total. The van der Waals surface area contributed by atoms with Gasteiger partial charge in [-0.3, -0.25) is 4.79 Å². The number of hydrogen-bond donors (Lipinski definition) is 4. The highest BCUT2D eigenvalue weighted by molar-refractivity contribution is 7.20.